The van der Waals surface area contributed by atoms with Crippen LogP contribution in [0.4, 0.5) is 5.95 Å². The lowest BCUT2D eigenvalue weighted by atomic mass is 10.2. The molecule has 0 aliphatic carbocycles. The number of halogens is 1. The molecule has 0 aliphatic rings. The third-order valence-corrected chi connectivity index (χ3v) is 2.88. The van der Waals surface area contributed by atoms with Crippen LogP contribution in [0.2, 0.25) is 0 Å². The van der Waals surface area contributed by atoms with Gasteiger partial charge >= 0.3 is 0 Å². The average Bonchev–Trinajstić information content (AvgIpc) is 2.75. The number of carbonyl (C=O) groups excluding carboxylic acids is 1. The smallest absolute Gasteiger partial charge is 0.258 e. The van der Waals surface area contributed by atoms with E-state index in [1.807, 2.05) is 0 Å². The van der Waals surface area contributed by atoms with Crippen molar-refractivity contribution < 1.29 is 9.53 Å². The van der Waals surface area contributed by atoms with Crippen molar-refractivity contribution in [2.45, 2.75) is 0 Å². The number of anilines is 1. The molecule has 7 nitrogen and oxygen atoms in total. The number of hydrogen-bond acceptors (Lipinski definition) is 5. The summed E-state index contributed by atoms with van der Waals surface area (Å²) in [7, 11) is 3.20. The zero-order chi connectivity index (χ0) is 13.1. The Morgan fingerprint density at radius 2 is 2.28 bits per heavy atom. The van der Waals surface area contributed by atoms with Gasteiger partial charge in [0.1, 0.15) is 5.75 Å². The van der Waals surface area contributed by atoms with E-state index >= 15 is 0 Å². The molecule has 0 atom stereocenters. The summed E-state index contributed by atoms with van der Waals surface area (Å²) in [4.78, 5) is 11.9. The van der Waals surface area contributed by atoms with Crippen molar-refractivity contribution in [2.24, 2.45) is 7.05 Å². The number of rotatable bonds is 3. The van der Waals surface area contributed by atoms with E-state index < -0.39 is 0 Å². The molecule has 1 aromatic heterocycles. The van der Waals surface area contributed by atoms with Gasteiger partial charge in [-0.2, -0.15) is 0 Å². The number of aryl methyl sites for hydroxylation is 1. The highest BCUT2D eigenvalue weighted by Gasteiger charge is 2.11. The van der Waals surface area contributed by atoms with Gasteiger partial charge in [-0.15, -0.1) is 0 Å². The van der Waals surface area contributed by atoms with Crippen molar-refractivity contribution >= 4 is 27.8 Å². The van der Waals surface area contributed by atoms with Crippen molar-refractivity contribution in [1.29, 1.82) is 0 Å². The standard InChI is InChI=1S/C10H10BrN5O2/c1-16-10(13-14-15-16)12-9(17)6-3-4-8(18-2)7(11)5-6/h3-5H,1-2H3,(H,12,13,15,17). The molecule has 1 heterocycles. The van der Waals surface area contributed by atoms with Crippen LogP contribution in [-0.2, 0) is 7.05 Å². The Kier molecular flexibility index (Phi) is 3.56. The highest BCUT2D eigenvalue weighted by Crippen LogP contribution is 2.25. The van der Waals surface area contributed by atoms with E-state index in [9.17, 15) is 4.79 Å². The van der Waals surface area contributed by atoms with Crippen LogP contribution in [0.1, 0.15) is 10.4 Å². The molecule has 0 unspecified atom stereocenters. The molecule has 94 valence electrons. The number of carbonyl (C=O) groups is 1. The Labute approximate surface area is 111 Å². The monoisotopic (exact) mass is 311 g/mol. The molecule has 18 heavy (non-hydrogen) atoms. The first kappa shape index (κ1) is 12.5. The van der Waals surface area contributed by atoms with Crippen molar-refractivity contribution in [3.63, 3.8) is 0 Å². The largest absolute Gasteiger partial charge is 0.496 e. The van der Waals surface area contributed by atoms with Crippen LogP contribution in [-0.4, -0.2) is 33.2 Å². The van der Waals surface area contributed by atoms with Crippen LogP contribution in [0.5, 0.6) is 5.75 Å². The number of methoxy groups -OCH3 is 1. The molecule has 0 saturated carbocycles. The van der Waals surface area contributed by atoms with E-state index in [4.69, 9.17) is 4.74 Å². The van der Waals surface area contributed by atoms with E-state index in [2.05, 4.69) is 36.8 Å². The maximum atomic E-state index is 11.9. The van der Waals surface area contributed by atoms with Crippen LogP contribution in [0.3, 0.4) is 0 Å². The topological polar surface area (TPSA) is 81.9 Å². The molecule has 0 radical (unpaired) electrons. The molecule has 1 aromatic carbocycles. The summed E-state index contributed by atoms with van der Waals surface area (Å²) >= 11 is 3.32. The lowest BCUT2D eigenvalue weighted by Gasteiger charge is -2.06. The normalized spacial score (nSPS) is 10.2. The number of tetrazole rings is 1. The van der Waals surface area contributed by atoms with Gasteiger partial charge in [0.15, 0.2) is 0 Å². The Morgan fingerprint density at radius 1 is 1.50 bits per heavy atom. The zero-order valence-electron chi connectivity index (χ0n) is 9.72. The summed E-state index contributed by atoms with van der Waals surface area (Å²) in [5.74, 6) is 0.648. The van der Waals surface area contributed by atoms with E-state index in [-0.39, 0.29) is 11.9 Å². The van der Waals surface area contributed by atoms with Crippen LogP contribution in [0, 0.1) is 0 Å². The summed E-state index contributed by atoms with van der Waals surface area (Å²) in [5, 5.41) is 13.3. The summed E-state index contributed by atoms with van der Waals surface area (Å²) in [6, 6.07) is 5.02. The lowest BCUT2D eigenvalue weighted by molar-refractivity contribution is 0.102. The molecule has 2 rings (SSSR count). The van der Waals surface area contributed by atoms with E-state index in [1.165, 1.54) is 4.68 Å². The van der Waals surface area contributed by atoms with Gasteiger partial charge in [0.25, 0.3) is 5.91 Å². The maximum Gasteiger partial charge on any atom is 0.258 e. The molecule has 0 saturated heterocycles. The van der Waals surface area contributed by atoms with Gasteiger partial charge in [0, 0.05) is 12.6 Å². The molecular weight excluding hydrogens is 302 g/mol. The first-order valence-electron chi connectivity index (χ1n) is 4.99. The van der Waals surface area contributed by atoms with Crippen molar-refractivity contribution in [1.82, 2.24) is 20.2 Å². The fourth-order valence-electron chi connectivity index (χ4n) is 1.32. The molecule has 0 spiro atoms. The second-order valence-electron chi connectivity index (χ2n) is 3.43. The van der Waals surface area contributed by atoms with Gasteiger partial charge < -0.3 is 4.74 Å². The van der Waals surface area contributed by atoms with Crippen LogP contribution >= 0.6 is 15.9 Å². The molecule has 1 amide bonds. The first-order chi connectivity index (χ1) is 8.61. The number of amides is 1. The third-order valence-electron chi connectivity index (χ3n) is 2.26. The van der Waals surface area contributed by atoms with Crippen molar-refractivity contribution in [3.05, 3.63) is 28.2 Å². The number of nitrogens with one attached hydrogen (secondary N) is 1. The van der Waals surface area contributed by atoms with E-state index in [0.29, 0.717) is 15.8 Å². The number of nitrogens with zero attached hydrogens (tertiary/aromatic N) is 4. The summed E-state index contributed by atoms with van der Waals surface area (Å²) in [5.41, 5.74) is 0.477. The fourth-order valence-corrected chi connectivity index (χ4v) is 1.86. The minimum Gasteiger partial charge on any atom is -0.496 e. The van der Waals surface area contributed by atoms with Gasteiger partial charge in [-0.25, -0.2) is 4.68 Å². The van der Waals surface area contributed by atoms with Crippen LogP contribution < -0.4 is 10.1 Å². The summed E-state index contributed by atoms with van der Waals surface area (Å²) in [6.45, 7) is 0. The Morgan fingerprint density at radius 3 is 2.83 bits per heavy atom. The molecule has 0 fully saturated rings. The Balaban J connectivity index is 2.19. The number of hydrogen-bond donors (Lipinski definition) is 1. The van der Waals surface area contributed by atoms with Gasteiger partial charge in [-0.05, 0) is 44.6 Å². The number of aromatic nitrogens is 4. The Hall–Kier alpha value is -1.96. The van der Waals surface area contributed by atoms with Gasteiger partial charge in [0.2, 0.25) is 5.95 Å². The highest BCUT2D eigenvalue weighted by molar-refractivity contribution is 9.10. The predicted octanol–water partition coefficient (Wildman–Crippen LogP) is 1.23. The average molecular weight is 312 g/mol. The van der Waals surface area contributed by atoms with E-state index in [1.54, 1.807) is 32.4 Å². The fraction of sp³-hybridized carbons (Fsp3) is 0.200. The minimum absolute atomic E-state index is 0.284. The second kappa shape index (κ2) is 5.13. The maximum absolute atomic E-state index is 11.9. The third kappa shape index (κ3) is 2.48. The highest BCUT2D eigenvalue weighted by atomic mass is 79.9. The molecular formula is C10H10BrN5O2. The van der Waals surface area contributed by atoms with Gasteiger partial charge in [0.05, 0.1) is 11.6 Å². The molecule has 8 heteroatoms. The number of ether oxygens (including phenoxy) is 1. The first-order valence-corrected chi connectivity index (χ1v) is 5.78. The second-order valence-corrected chi connectivity index (χ2v) is 4.28. The summed E-state index contributed by atoms with van der Waals surface area (Å²) in [6.07, 6.45) is 0. The lowest BCUT2D eigenvalue weighted by Crippen LogP contribution is -2.15. The van der Waals surface area contributed by atoms with Crippen molar-refractivity contribution in [3.8, 4) is 5.75 Å². The molecule has 2 aromatic rings. The minimum atomic E-state index is -0.295. The van der Waals surface area contributed by atoms with Crippen LogP contribution in [0.25, 0.3) is 0 Å². The van der Waals surface area contributed by atoms with E-state index in [0.717, 1.165) is 0 Å². The molecule has 0 bridgehead atoms. The van der Waals surface area contributed by atoms with Gasteiger partial charge in [-0.3, -0.25) is 10.1 Å². The van der Waals surface area contributed by atoms with Crippen molar-refractivity contribution in [2.75, 3.05) is 12.4 Å². The molecule has 0 aliphatic heterocycles. The van der Waals surface area contributed by atoms with Crippen LogP contribution in [0.15, 0.2) is 22.7 Å². The van der Waals surface area contributed by atoms with Gasteiger partial charge in [-0.1, -0.05) is 5.10 Å². The quantitative estimate of drug-likeness (QED) is 0.922. The Bertz CT molecular complexity index is 583. The SMILES string of the molecule is COc1ccc(C(=O)Nc2nnnn2C)cc1Br. The molecule has 1 N–H and O–H groups in total. The number of benzene rings is 1. The zero-order valence-corrected chi connectivity index (χ0v) is 11.3. The predicted molar refractivity (Wildman–Crippen MR) is 67.4 cm³/mol. The summed E-state index contributed by atoms with van der Waals surface area (Å²) < 4.78 is 7.16.